The molecule has 0 radical (unpaired) electrons. The fourth-order valence-electron chi connectivity index (χ4n) is 1.81. The molecule has 3 N–H and O–H groups in total. The van der Waals surface area contributed by atoms with E-state index in [1.807, 2.05) is 0 Å². The van der Waals surface area contributed by atoms with Gasteiger partial charge in [-0.05, 0) is 12.8 Å². The van der Waals surface area contributed by atoms with Gasteiger partial charge in [-0.2, -0.15) is 0 Å². The van der Waals surface area contributed by atoms with Crippen molar-refractivity contribution in [3.05, 3.63) is 12.7 Å². The quantitative estimate of drug-likeness (QED) is 0.488. The van der Waals surface area contributed by atoms with E-state index in [1.54, 1.807) is 11.0 Å². The zero-order chi connectivity index (χ0) is 12.0. The fourth-order valence-corrected chi connectivity index (χ4v) is 1.81. The molecule has 0 atom stereocenters. The van der Waals surface area contributed by atoms with Crippen molar-refractivity contribution >= 4 is 11.8 Å². The largest absolute Gasteiger partial charge is 0.369 e. The second-order valence-corrected chi connectivity index (χ2v) is 3.98. The first-order valence-corrected chi connectivity index (χ1v) is 5.54. The number of nitrogens with one attached hydrogen (secondary N) is 1. The van der Waals surface area contributed by atoms with Gasteiger partial charge in [0.2, 0.25) is 11.8 Å². The molecule has 1 rings (SSSR count). The number of nitrogens with zero attached hydrogens (tertiary/aromatic N) is 1. The number of carbonyl (C=O) groups is 2. The van der Waals surface area contributed by atoms with E-state index < -0.39 is 0 Å². The number of primary amides is 1. The van der Waals surface area contributed by atoms with Crippen molar-refractivity contribution in [2.45, 2.75) is 12.8 Å². The van der Waals surface area contributed by atoms with Gasteiger partial charge in [0, 0.05) is 25.6 Å². The Bertz CT molecular complexity index is 270. The van der Waals surface area contributed by atoms with E-state index in [2.05, 4.69) is 11.9 Å². The van der Waals surface area contributed by atoms with Crippen LogP contribution >= 0.6 is 0 Å². The number of rotatable bonds is 5. The highest BCUT2D eigenvalue weighted by Crippen LogP contribution is 2.16. The first-order valence-electron chi connectivity index (χ1n) is 5.54. The Labute approximate surface area is 95.7 Å². The molecule has 0 aromatic carbocycles. The van der Waals surface area contributed by atoms with Crippen LogP contribution in [0.4, 0.5) is 0 Å². The predicted molar refractivity (Wildman–Crippen MR) is 61.6 cm³/mol. The molecule has 0 unspecified atom stereocenters. The lowest BCUT2D eigenvalue weighted by atomic mass is 9.96. The van der Waals surface area contributed by atoms with E-state index in [4.69, 9.17) is 5.73 Å². The van der Waals surface area contributed by atoms with E-state index >= 15 is 0 Å². The van der Waals surface area contributed by atoms with Gasteiger partial charge in [0.1, 0.15) is 0 Å². The highest BCUT2D eigenvalue weighted by molar-refractivity contribution is 5.80. The molecule has 2 amide bonds. The lowest BCUT2D eigenvalue weighted by Crippen LogP contribution is -2.45. The fraction of sp³-hybridized carbons (Fsp3) is 0.636. The van der Waals surface area contributed by atoms with Gasteiger partial charge < -0.3 is 16.0 Å². The number of carbonyl (C=O) groups excluding carboxylic acids is 2. The monoisotopic (exact) mass is 225 g/mol. The zero-order valence-electron chi connectivity index (χ0n) is 9.45. The summed E-state index contributed by atoms with van der Waals surface area (Å²) in [6.07, 6.45) is 3.08. The molecule has 1 aliphatic heterocycles. The van der Waals surface area contributed by atoms with Gasteiger partial charge in [-0.1, -0.05) is 6.08 Å². The topological polar surface area (TPSA) is 75.4 Å². The van der Waals surface area contributed by atoms with Crippen molar-refractivity contribution in [3.63, 3.8) is 0 Å². The Kier molecular flexibility index (Phi) is 4.98. The van der Waals surface area contributed by atoms with Crippen LogP contribution < -0.4 is 11.1 Å². The van der Waals surface area contributed by atoms with E-state index in [-0.39, 0.29) is 17.7 Å². The summed E-state index contributed by atoms with van der Waals surface area (Å²) in [7, 11) is 0. The number of hydrogen-bond acceptors (Lipinski definition) is 3. The summed E-state index contributed by atoms with van der Waals surface area (Å²) in [4.78, 5) is 24.4. The molecule has 16 heavy (non-hydrogen) atoms. The maximum absolute atomic E-state index is 11.7. The van der Waals surface area contributed by atoms with Gasteiger partial charge in [0.15, 0.2) is 0 Å². The number of piperidine rings is 1. The number of likely N-dealkylation sites (tertiary alicyclic amines) is 1. The minimum atomic E-state index is -0.253. The van der Waals surface area contributed by atoms with Crippen molar-refractivity contribution < 1.29 is 9.59 Å². The molecule has 5 nitrogen and oxygen atoms in total. The molecule has 1 heterocycles. The summed E-state index contributed by atoms with van der Waals surface area (Å²) >= 11 is 0. The van der Waals surface area contributed by atoms with Crippen molar-refractivity contribution in [1.82, 2.24) is 10.2 Å². The van der Waals surface area contributed by atoms with Gasteiger partial charge in [0.05, 0.1) is 6.54 Å². The lowest BCUT2D eigenvalue weighted by Gasteiger charge is -2.30. The first kappa shape index (κ1) is 12.7. The van der Waals surface area contributed by atoms with Crippen LogP contribution in [0.25, 0.3) is 0 Å². The van der Waals surface area contributed by atoms with Crippen LogP contribution in [0.2, 0.25) is 0 Å². The van der Waals surface area contributed by atoms with Gasteiger partial charge >= 0.3 is 0 Å². The van der Waals surface area contributed by atoms with Crippen LogP contribution in [0.3, 0.4) is 0 Å². The normalized spacial score (nSPS) is 17.1. The Hall–Kier alpha value is -1.36. The second kappa shape index (κ2) is 6.27. The molecule has 0 aliphatic carbocycles. The summed E-state index contributed by atoms with van der Waals surface area (Å²) in [5.74, 6) is -0.244. The number of nitrogens with two attached hydrogens (primary N) is 1. The molecule has 0 spiro atoms. The first-order chi connectivity index (χ1) is 7.65. The van der Waals surface area contributed by atoms with Gasteiger partial charge in [-0.15, -0.1) is 6.58 Å². The van der Waals surface area contributed by atoms with E-state index in [0.29, 0.717) is 39.0 Å². The molecule has 90 valence electrons. The van der Waals surface area contributed by atoms with Crippen LogP contribution in [-0.2, 0) is 9.59 Å². The Morgan fingerprint density at radius 3 is 2.56 bits per heavy atom. The van der Waals surface area contributed by atoms with Gasteiger partial charge in [-0.3, -0.25) is 9.59 Å². The predicted octanol–water partition coefficient (Wildman–Crippen LogP) is -0.514. The van der Waals surface area contributed by atoms with E-state index in [9.17, 15) is 9.59 Å². The minimum absolute atomic E-state index is 0.0646. The highest BCUT2D eigenvalue weighted by atomic mass is 16.2. The maximum Gasteiger partial charge on any atom is 0.236 e. The smallest absolute Gasteiger partial charge is 0.236 e. The third-order valence-electron chi connectivity index (χ3n) is 2.81. The summed E-state index contributed by atoms with van der Waals surface area (Å²) in [6, 6.07) is 0. The van der Waals surface area contributed by atoms with Crippen molar-refractivity contribution in [3.8, 4) is 0 Å². The standard InChI is InChI=1S/C11H19N3O2/c1-2-5-13-8-10(15)14-6-3-9(4-7-14)11(12)16/h2,9,13H,1,3-8H2,(H2,12,16). The van der Waals surface area contributed by atoms with Crippen LogP contribution in [0, 0.1) is 5.92 Å². The van der Waals surface area contributed by atoms with Crippen LogP contribution in [0.1, 0.15) is 12.8 Å². The van der Waals surface area contributed by atoms with Crippen molar-refractivity contribution in [2.24, 2.45) is 11.7 Å². The van der Waals surface area contributed by atoms with E-state index in [0.717, 1.165) is 0 Å². The molecule has 1 aliphatic rings. The van der Waals surface area contributed by atoms with Crippen LogP contribution in [0.15, 0.2) is 12.7 Å². The minimum Gasteiger partial charge on any atom is -0.369 e. The average Bonchev–Trinajstić information content (AvgIpc) is 2.29. The summed E-state index contributed by atoms with van der Waals surface area (Å²) in [6.45, 7) is 5.77. The van der Waals surface area contributed by atoms with Crippen molar-refractivity contribution in [2.75, 3.05) is 26.2 Å². The zero-order valence-corrected chi connectivity index (χ0v) is 9.45. The molecule has 0 saturated carbocycles. The molecule has 1 fully saturated rings. The molecular weight excluding hydrogens is 206 g/mol. The summed E-state index contributed by atoms with van der Waals surface area (Å²) < 4.78 is 0. The molecule has 0 bridgehead atoms. The van der Waals surface area contributed by atoms with Gasteiger partial charge in [-0.25, -0.2) is 0 Å². The van der Waals surface area contributed by atoms with Crippen LogP contribution in [-0.4, -0.2) is 42.9 Å². The average molecular weight is 225 g/mol. The third-order valence-corrected chi connectivity index (χ3v) is 2.81. The summed E-state index contributed by atoms with van der Waals surface area (Å²) in [5, 5.41) is 2.97. The molecule has 0 aromatic heterocycles. The van der Waals surface area contributed by atoms with Gasteiger partial charge in [0.25, 0.3) is 0 Å². The SMILES string of the molecule is C=CCNCC(=O)N1CCC(C(N)=O)CC1. The third kappa shape index (κ3) is 3.66. The Morgan fingerprint density at radius 1 is 1.44 bits per heavy atom. The van der Waals surface area contributed by atoms with Crippen LogP contribution in [0.5, 0.6) is 0 Å². The number of hydrogen-bond donors (Lipinski definition) is 2. The maximum atomic E-state index is 11.7. The number of amides is 2. The highest BCUT2D eigenvalue weighted by Gasteiger charge is 2.25. The van der Waals surface area contributed by atoms with Crippen molar-refractivity contribution in [1.29, 1.82) is 0 Å². The Morgan fingerprint density at radius 2 is 2.06 bits per heavy atom. The summed E-state index contributed by atoms with van der Waals surface area (Å²) in [5.41, 5.74) is 5.22. The molecule has 0 aromatic rings. The lowest BCUT2D eigenvalue weighted by molar-refractivity contribution is -0.134. The Balaban J connectivity index is 2.27. The second-order valence-electron chi connectivity index (χ2n) is 3.98. The molecule has 5 heteroatoms. The molecule has 1 saturated heterocycles. The molecular formula is C11H19N3O2. The van der Waals surface area contributed by atoms with E-state index in [1.165, 1.54) is 0 Å².